The Hall–Kier alpha value is -3.78. The SMILES string of the molecule is CCN(Cc1cnc(C(C)O)c2cn[nH]c12)C(=O)c1ccc(-c2cccc(F)c2)c(OC2CC2)c1. The first kappa shape index (κ1) is 23.0. The number of carbonyl (C=O) groups is 1. The lowest BCUT2D eigenvalue weighted by molar-refractivity contribution is 0.0752. The Morgan fingerprint density at radius 1 is 1.26 bits per heavy atom. The van der Waals surface area contributed by atoms with Crippen LogP contribution in [0.3, 0.4) is 0 Å². The van der Waals surface area contributed by atoms with Crippen molar-refractivity contribution in [1.82, 2.24) is 20.1 Å². The van der Waals surface area contributed by atoms with E-state index in [1.165, 1.54) is 12.1 Å². The first-order valence-corrected chi connectivity index (χ1v) is 11.8. The van der Waals surface area contributed by atoms with Crippen LogP contribution in [0.25, 0.3) is 22.0 Å². The first-order valence-electron chi connectivity index (χ1n) is 11.8. The number of nitrogens with zero attached hydrogens (tertiary/aromatic N) is 3. The third-order valence-corrected chi connectivity index (χ3v) is 6.20. The highest BCUT2D eigenvalue weighted by Gasteiger charge is 2.26. The summed E-state index contributed by atoms with van der Waals surface area (Å²) in [4.78, 5) is 19.6. The Morgan fingerprint density at radius 2 is 2.09 bits per heavy atom. The topological polar surface area (TPSA) is 91.3 Å². The molecule has 0 bridgehead atoms. The number of amides is 1. The molecule has 2 aromatic carbocycles. The second-order valence-electron chi connectivity index (χ2n) is 8.86. The minimum atomic E-state index is -0.727. The smallest absolute Gasteiger partial charge is 0.254 e. The van der Waals surface area contributed by atoms with Gasteiger partial charge in [0.2, 0.25) is 0 Å². The van der Waals surface area contributed by atoms with Gasteiger partial charge in [-0.15, -0.1) is 0 Å². The second kappa shape index (κ2) is 9.46. The molecule has 1 atom stereocenters. The van der Waals surface area contributed by atoms with Crippen LogP contribution < -0.4 is 4.74 Å². The van der Waals surface area contributed by atoms with Crippen molar-refractivity contribution in [3.63, 3.8) is 0 Å². The fraction of sp³-hybridized carbons (Fsp3) is 0.296. The number of aliphatic hydroxyl groups excluding tert-OH is 1. The predicted octanol–water partition coefficient (Wildman–Crippen LogP) is 5.02. The summed E-state index contributed by atoms with van der Waals surface area (Å²) in [6.07, 6.45) is 4.65. The van der Waals surface area contributed by atoms with Crippen LogP contribution in [-0.2, 0) is 6.54 Å². The van der Waals surface area contributed by atoms with Crippen molar-refractivity contribution in [2.24, 2.45) is 0 Å². The van der Waals surface area contributed by atoms with E-state index in [2.05, 4.69) is 15.2 Å². The number of rotatable bonds is 8. The van der Waals surface area contributed by atoms with Crippen molar-refractivity contribution in [2.45, 2.75) is 45.4 Å². The minimum absolute atomic E-state index is 0.127. The van der Waals surface area contributed by atoms with E-state index in [0.29, 0.717) is 35.7 Å². The number of fused-ring (bicyclic) bond motifs is 1. The van der Waals surface area contributed by atoms with Crippen LogP contribution >= 0.6 is 0 Å². The van der Waals surface area contributed by atoms with Crippen molar-refractivity contribution in [2.75, 3.05) is 6.54 Å². The van der Waals surface area contributed by atoms with Gasteiger partial charge in [0.15, 0.2) is 0 Å². The lowest BCUT2D eigenvalue weighted by atomic mass is 10.0. The van der Waals surface area contributed by atoms with Crippen molar-refractivity contribution in [3.8, 4) is 16.9 Å². The first-order chi connectivity index (χ1) is 16.9. The summed E-state index contributed by atoms with van der Waals surface area (Å²) in [6.45, 7) is 4.39. The molecule has 1 fully saturated rings. The number of pyridine rings is 1. The van der Waals surface area contributed by atoms with Gasteiger partial charge >= 0.3 is 0 Å². The highest BCUT2D eigenvalue weighted by molar-refractivity contribution is 5.96. The molecule has 0 spiro atoms. The van der Waals surface area contributed by atoms with Gasteiger partial charge < -0.3 is 14.7 Å². The molecule has 35 heavy (non-hydrogen) atoms. The summed E-state index contributed by atoms with van der Waals surface area (Å²) in [6, 6.07) is 11.7. The summed E-state index contributed by atoms with van der Waals surface area (Å²) < 4.78 is 20.0. The largest absolute Gasteiger partial charge is 0.490 e. The summed E-state index contributed by atoms with van der Waals surface area (Å²) in [5.41, 5.74) is 4.06. The number of H-pyrrole nitrogens is 1. The van der Waals surface area contributed by atoms with Gasteiger partial charge in [-0.1, -0.05) is 12.1 Å². The number of halogens is 1. The van der Waals surface area contributed by atoms with E-state index in [9.17, 15) is 14.3 Å². The Labute approximate surface area is 202 Å². The fourth-order valence-corrected chi connectivity index (χ4v) is 4.19. The number of ether oxygens (including phenoxy) is 1. The van der Waals surface area contributed by atoms with Gasteiger partial charge in [-0.2, -0.15) is 5.10 Å². The Balaban J connectivity index is 1.45. The Morgan fingerprint density at radius 3 is 2.80 bits per heavy atom. The second-order valence-corrected chi connectivity index (χ2v) is 8.86. The Bertz CT molecular complexity index is 1380. The molecule has 2 heterocycles. The zero-order valence-electron chi connectivity index (χ0n) is 19.7. The maximum absolute atomic E-state index is 13.9. The average molecular weight is 475 g/mol. The standard InChI is InChI=1S/C27H27FN4O3/c1-3-32(15-19-13-29-25(16(2)33)23-14-30-31-26(19)23)27(34)18-7-10-22(17-5-4-6-20(28)11-17)24(12-18)35-21-8-9-21/h4-7,10-14,16,21,33H,3,8-9,15H2,1-2H3,(H,30,31). The molecule has 2 N–H and O–H groups in total. The predicted molar refractivity (Wildman–Crippen MR) is 130 cm³/mol. The Kier molecular flexibility index (Phi) is 6.21. The molecule has 0 saturated heterocycles. The zero-order chi connectivity index (χ0) is 24.5. The molecule has 5 rings (SSSR count). The number of hydrogen-bond acceptors (Lipinski definition) is 5. The molecular weight excluding hydrogens is 447 g/mol. The molecule has 4 aromatic rings. The molecule has 0 radical (unpaired) electrons. The number of aromatic amines is 1. The van der Waals surface area contributed by atoms with E-state index in [1.807, 2.05) is 19.1 Å². The van der Waals surface area contributed by atoms with Crippen molar-refractivity contribution < 1.29 is 19.0 Å². The number of nitrogens with one attached hydrogen (secondary N) is 1. The molecule has 7 nitrogen and oxygen atoms in total. The van der Waals surface area contributed by atoms with Crippen LogP contribution in [0.15, 0.2) is 54.9 Å². The summed E-state index contributed by atoms with van der Waals surface area (Å²) in [5, 5.41) is 17.8. The number of carbonyl (C=O) groups excluding carboxylic acids is 1. The fourth-order valence-electron chi connectivity index (χ4n) is 4.19. The van der Waals surface area contributed by atoms with Crippen LogP contribution in [-0.4, -0.2) is 43.7 Å². The minimum Gasteiger partial charge on any atom is -0.490 e. The van der Waals surface area contributed by atoms with Crippen LogP contribution in [0, 0.1) is 5.82 Å². The molecule has 1 aliphatic carbocycles. The van der Waals surface area contributed by atoms with E-state index in [1.54, 1.807) is 42.4 Å². The third-order valence-electron chi connectivity index (χ3n) is 6.20. The number of aliphatic hydroxyl groups is 1. The number of benzene rings is 2. The molecule has 1 unspecified atom stereocenters. The molecule has 1 amide bonds. The van der Waals surface area contributed by atoms with Crippen LogP contribution in [0.2, 0.25) is 0 Å². The normalized spacial score (nSPS) is 14.2. The number of aromatic nitrogens is 3. The van der Waals surface area contributed by atoms with Gasteiger partial charge in [0.05, 0.1) is 29.6 Å². The molecule has 2 aromatic heterocycles. The summed E-state index contributed by atoms with van der Waals surface area (Å²) in [7, 11) is 0. The van der Waals surface area contributed by atoms with Crippen molar-refractivity contribution in [3.05, 3.63) is 77.5 Å². The van der Waals surface area contributed by atoms with E-state index in [0.717, 1.165) is 34.9 Å². The monoisotopic (exact) mass is 474 g/mol. The van der Waals surface area contributed by atoms with Crippen molar-refractivity contribution >= 4 is 16.8 Å². The van der Waals surface area contributed by atoms with Gasteiger partial charge in [-0.05, 0) is 62.6 Å². The average Bonchev–Trinajstić information content (AvgIpc) is 3.53. The van der Waals surface area contributed by atoms with Gasteiger partial charge in [0, 0.05) is 41.4 Å². The zero-order valence-corrected chi connectivity index (χ0v) is 19.7. The molecule has 1 aliphatic rings. The van der Waals surface area contributed by atoms with E-state index >= 15 is 0 Å². The lowest BCUT2D eigenvalue weighted by Crippen LogP contribution is -2.30. The van der Waals surface area contributed by atoms with Crippen molar-refractivity contribution in [1.29, 1.82) is 0 Å². The lowest BCUT2D eigenvalue weighted by Gasteiger charge is -2.22. The van der Waals surface area contributed by atoms with Crippen LogP contribution in [0.4, 0.5) is 4.39 Å². The summed E-state index contributed by atoms with van der Waals surface area (Å²) >= 11 is 0. The maximum Gasteiger partial charge on any atom is 0.254 e. The summed E-state index contributed by atoms with van der Waals surface area (Å²) in [5.74, 6) is 0.114. The third kappa shape index (κ3) is 4.74. The molecule has 180 valence electrons. The van der Waals surface area contributed by atoms with Crippen LogP contribution in [0.5, 0.6) is 5.75 Å². The van der Waals surface area contributed by atoms with Gasteiger partial charge in [-0.25, -0.2) is 4.39 Å². The van der Waals surface area contributed by atoms with Gasteiger partial charge in [0.1, 0.15) is 11.6 Å². The number of hydrogen-bond donors (Lipinski definition) is 2. The highest BCUT2D eigenvalue weighted by atomic mass is 19.1. The van der Waals surface area contributed by atoms with Gasteiger partial charge in [-0.3, -0.25) is 14.9 Å². The quantitative estimate of drug-likeness (QED) is 0.374. The van der Waals surface area contributed by atoms with Gasteiger partial charge in [0.25, 0.3) is 5.91 Å². The van der Waals surface area contributed by atoms with E-state index in [-0.39, 0.29) is 17.8 Å². The molecular formula is C27H27FN4O3. The molecule has 1 saturated carbocycles. The van der Waals surface area contributed by atoms with Crippen LogP contribution in [0.1, 0.15) is 54.4 Å². The van der Waals surface area contributed by atoms with E-state index < -0.39 is 6.10 Å². The van der Waals surface area contributed by atoms with E-state index in [4.69, 9.17) is 4.74 Å². The molecule has 0 aliphatic heterocycles. The maximum atomic E-state index is 13.9. The highest BCUT2D eigenvalue weighted by Crippen LogP contribution is 2.36. The molecule has 8 heteroatoms.